The van der Waals surface area contributed by atoms with E-state index in [2.05, 4.69) is 4.98 Å². The van der Waals surface area contributed by atoms with Crippen molar-refractivity contribution in [1.82, 2.24) is 4.98 Å². The maximum absolute atomic E-state index is 12.0. The number of hydrogen-bond acceptors (Lipinski definition) is 5. The fourth-order valence-electron chi connectivity index (χ4n) is 1.62. The molecule has 0 bridgehead atoms. The SMILES string of the molecule is COCCc1ccc(OS(=O)(=O)c2ccc(Cl)nc2)cc1. The van der Waals surface area contributed by atoms with Crippen LogP contribution in [-0.4, -0.2) is 27.1 Å². The molecule has 0 aliphatic carbocycles. The van der Waals surface area contributed by atoms with Crippen molar-refractivity contribution in [2.45, 2.75) is 11.3 Å². The van der Waals surface area contributed by atoms with Crippen LogP contribution in [0.2, 0.25) is 5.15 Å². The second-order valence-electron chi connectivity index (χ2n) is 4.24. The number of aromatic nitrogens is 1. The molecule has 2 rings (SSSR count). The summed E-state index contributed by atoms with van der Waals surface area (Å²) >= 11 is 5.62. The second kappa shape index (κ2) is 6.89. The zero-order chi connectivity index (χ0) is 15.3. The average Bonchev–Trinajstić information content (AvgIpc) is 2.47. The molecule has 0 fully saturated rings. The van der Waals surface area contributed by atoms with Gasteiger partial charge in [0.2, 0.25) is 0 Å². The molecule has 1 heterocycles. The van der Waals surface area contributed by atoms with Gasteiger partial charge >= 0.3 is 10.1 Å². The summed E-state index contributed by atoms with van der Waals surface area (Å²) in [5.74, 6) is 0.242. The lowest BCUT2D eigenvalue weighted by molar-refractivity contribution is 0.202. The molecular weight excluding hydrogens is 314 g/mol. The van der Waals surface area contributed by atoms with Gasteiger partial charge in [-0.15, -0.1) is 0 Å². The maximum atomic E-state index is 12.0. The standard InChI is InChI=1S/C14H14ClNO4S/c1-19-9-8-11-2-4-12(5-3-11)20-21(17,18)13-6-7-14(15)16-10-13/h2-7,10H,8-9H2,1H3. The summed E-state index contributed by atoms with van der Waals surface area (Å²) in [6.45, 7) is 0.606. The highest BCUT2D eigenvalue weighted by molar-refractivity contribution is 7.87. The molecule has 112 valence electrons. The van der Waals surface area contributed by atoms with Crippen LogP contribution in [0.3, 0.4) is 0 Å². The Morgan fingerprint density at radius 3 is 2.43 bits per heavy atom. The van der Waals surface area contributed by atoms with Gasteiger partial charge in [0.05, 0.1) is 12.8 Å². The third-order valence-electron chi connectivity index (χ3n) is 2.71. The molecule has 0 atom stereocenters. The van der Waals surface area contributed by atoms with E-state index in [1.807, 2.05) is 0 Å². The lowest BCUT2D eigenvalue weighted by Gasteiger charge is -2.07. The fourth-order valence-corrected chi connectivity index (χ4v) is 2.61. The van der Waals surface area contributed by atoms with Gasteiger partial charge in [-0.25, -0.2) is 4.98 Å². The Balaban J connectivity index is 2.11. The summed E-state index contributed by atoms with van der Waals surface area (Å²) in [4.78, 5) is 3.68. The molecular formula is C14H14ClNO4S. The average molecular weight is 328 g/mol. The van der Waals surface area contributed by atoms with Crippen LogP contribution < -0.4 is 4.18 Å². The fraction of sp³-hybridized carbons (Fsp3) is 0.214. The van der Waals surface area contributed by atoms with Crippen LogP contribution in [0, 0.1) is 0 Å². The number of pyridine rings is 1. The summed E-state index contributed by atoms with van der Waals surface area (Å²) in [5, 5.41) is 0.219. The Morgan fingerprint density at radius 2 is 1.86 bits per heavy atom. The smallest absolute Gasteiger partial charge is 0.340 e. The van der Waals surface area contributed by atoms with Gasteiger partial charge in [-0.2, -0.15) is 8.42 Å². The van der Waals surface area contributed by atoms with Crippen molar-refractivity contribution in [2.75, 3.05) is 13.7 Å². The second-order valence-corrected chi connectivity index (χ2v) is 6.17. The molecule has 1 aromatic heterocycles. The van der Waals surface area contributed by atoms with Crippen LogP contribution in [0.5, 0.6) is 5.75 Å². The highest BCUT2D eigenvalue weighted by Gasteiger charge is 2.17. The molecule has 0 saturated heterocycles. The predicted molar refractivity (Wildman–Crippen MR) is 79.1 cm³/mol. The molecule has 7 heteroatoms. The molecule has 5 nitrogen and oxygen atoms in total. The van der Waals surface area contributed by atoms with Crippen molar-refractivity contribution in [1.29, 1.82) is 0 Å². The number of rotatable bonds is 6. The minimum Gasteiger partial charge on any atom is -0.384 e. The number of nitrogens with zero attached hydrogens (tertiary/aromatic N) is 1. The number of ether oxygens (including phenoxy) is 1. The minimum atomic E-state index is -3.91. The Hall–Kier alpha value is -1.63. The number of halogens is 1. The van der Waals surface area contributed by atoms with Crippen LogP contribution in [0.15, 0.2) is 47.5 Å². The number of hydrogen-bond donors (Lipinski definition) is 0. The zero-order valence-corrected chi connectivity index (χ0v) is 12.9. The van der Waals surface area contributed by atoms with E-state index in [0.29, 0.717) is 6.61 Å². The van der Waals surface area contributed by atoms with E-state index in [1.54, 1.807) is 31.4 Å². The molecule has 0 N–H and O–H groups in total. The molecule has 0 radical (unpaired) electrons. The first-order valence-corrected chi connectivity index (χ1v) is 7.94. The lowest BCUT2D eigenvalue weighted by atomic mass is 10.1. The van der Waals surface area contributed by atoms with E-state index in [9.17, 15) is 8.42 Å². The van der Waals surface area contributed by atoms with E-state index < -0.39 is 10.1 Å². The summed E-state index contributed by atoms with van der Waals surface area (Å²) in [5.41, 5.74) is 1.04. The van der Waals surface area contributed by atoms with Gasteiger partial charge in [0.15, 0.2) is 0 Å². The van der Waals surface area contributed by atoms with Gasteiger partial charge in [0.1, 0.15) is 15.8 Å². The molecule has 21 heavy (non-hydrogen) atoms. The summed E-state index contributed by atoms with van der Waals surface area (Å²) in [7, 11) is -2.28. The quantitative estimate of drug-likeness (QED) is 0.603. The van der Waals surface area contributed by atoms with Crippen molar-refractivity contribution in [3.63, 3.8) is 0 Å². The minimum absolute atomic E-state index is 0.0460. The lowest BCUT2D eigenvalue weighted by Crippen LogP contribution is -2.10. The van der Waals surface area contributed by atoms with Crippen molar-refractivity contribution in [2.24, 2.45) is 0 Å². The predicted octanol–water partition coefficient (Wildman–Crippen LogP) is 2.69. The van der Waals surface area contributed by atoms with Gasteiger partial charge in [0, 0.05) is 7.11 Å². The van der Waals surface area contributed by atoms with Gasteiger partial charge in [-0.3, -0.25) is 0 Å². The summed E-state index contributed by atoms with van der Waals surface area (Å²) < 4.78 is 34.1. The number of benzene rings is 1. The van der Waals surface area contributed by atoms with E-state index in [0.717, 1.165) is 18.2 Å². The van der Waals surface area contributed by atoms with Crippen LogP contribution in [0.1, 0.15) is 5.56 Å². The zero-order valence-electron chi connectivity index (χ0n) is 11.3. The molecule has 0 aliphatic heterocycles. The van der Waals surface area contributed by atoms with Gasteiger partial charge < -0.3 is 8.92 Å². The summed E-state index contributed by atoms with van der Waals surface area (Å²) in [6, 6.07) is 9.54. The van der Waals surface area contributed by atoms with E-state index in [-0.39, 0.29) is 15.8 Å². The van der Waals surface area contributed by atoms with E-state index in [1.165, 1.54) is 12.1 Å². The van der Waals surface area contributed by atoms with Crippen LogP contribution in [-0.2, 0) is 21.3 Å². The summed E-state index contributed by atoms with van der Waals surface area (Å²) in [6.07, 6.45) is 1.91. The molecule has 0 aliphatic rings. The molecule has 0 unspecified atom stereocenters. The first kappa shape index (κ1) is 15.8. The third kappa shape index (κ3) is 4.42. The van der Waals surface area contributed by atoms with E-state index >= 15 is 0 Å². The molecule has 2 aromatic rings. The molecule has 0 amide bonds. The Labute approximate surface area is 128 Å². The van der Waals surface area contributed by atoms with E-state index in [4.69, 9.17) is 20.5 Å². The topological polar surface area (TPSA) is 65.5 Å². The molecule has 0 spiro atoms. The van der Waals surface area contributed by atoms with Crippen LogP contribution in [0.4, 0.5) is 0 Å². The largest absolute Gasteiger partial charge is 0.384 e. The molecule has 1 aromatic carbocycles. The first-order chi connectivity index (χ1) is 10.0. The first-order valence-electron chi connectivity index (χ1n) is 6.15. The van der Waals surface area contributed by atoms with Crippen molar-refractivity contribution >= 4 is 21.7 Å². The van der Waals surface area contributed by atoms with Gasteiger partial charge in [0.25, 0.3) is 0 Å². The van der Waals surface area contributed by atoms with Gasteiger partial charge in [-0.1, -0.05) is 23.7 Å². The highest BCUT2D eigenvalue weighted by Crippen LogP contribution is 2.19. The molecule has 0 saturated carbocycles. The Bertz CT molecular complexity index is 684. The van der Waals surface area contributed by atoms with Crippen molar-refractivity contribution < 1.29 is 17.3 Å². The van der Waals surface area contributed by atoms with Gasteiger partial charge in [-0.05, 0) is 36.2 Å². The van der Waals surface area contributed by atoms with Crippen molar-refractivity contribution in [3.05, 3.63) is 53.3 Å². The third-order valence-corrected chi connectivity index (χ3v) is 4.17. The van der Waals surface area contributed by atoms with Crippen LogP contribution in [0.25, 0.3) is 0 Å². The highest BCUT2D eigenvalue weighted by atomic mass is 35.5. The Morgan fingerprint density at radius 1 is 1.14 bits per heavy atom. The monoisotopic (exact) mass is 327 g/mol. The Kier molecular flexibility index (Phi) is 5.17. The van der Waals surface area contributed by atoms with Crippen molar-refractivity contribution in [3.8, 4) is 5.75 Å². The van der Waals surface area contributed by atoms with Crippen LogP contribution >= 0.6 is 11.6 Å². The normalized spacial score (nSPS) is 11.3. The maximum Gasteiger partial charge on any atom is 0.340 e. The number of methoxy groups -OCH3 is 1.